The van der Waals surface area contributed by atoms with Crippen LogP contribution in [-0.4, -0.2) is 23.0 Å². The van der Waals surface area contributed by atoms with Crippen molar-refractivity contribution >= 4 is 11.9 Å². The van der Waals surface area contributed by atoms with Gasteiger partial charge in [-0.05, 0) is 29.2 Å². The van der Waals surface area contributed by atoms with Crippen LogP contribution in [0.2, 0.25) is 0 Å². The molecule has 142 valence electrons. The van der Waals surface area contributed by atoms with Gasteiger partial charge < -0.3 is 10.4 Å². The maximum absolute atomic E-state index is 13.2. The van der Waals surface area contributed by atoms with Gasteiger partial charge in [0.05, 0.1) is 5.92 Å². The maximum atomic E-state index is 13.2. The molecule has 0 aliphatic carbocycles. The molecule has 1 amide bonds. The highest BCUT2D eigenvalue weighted by molar-refractivity contribution is 5.90. The molecule has 0 unspecified atom stereocenters. The largest absolute Gasteiger partial charge is 0.480 e. The Bertz CT molecular complexity index is 899. The van der Waals surface area contributed by atoms with Gasteiger partial charge in [-0.2, -0.15) is 0 Å². The van der Waals surface area contributed by atoms with Crippen molar-refractivity contribution in [1.29, 1.82) is 0 Å². The molecule has 0 saturated heterocycles. The minimum atomic E-state index is -1.04. The van der Waals surface area contributed by atoms with E-state index < -0.39 is 17.9 Å². The highest BCUT2D eigenvalue weighted by atomic mass is 16.4. The lowest BCUT2D eigenvalue weighted by atomic mass is 9.90. The van der Waals surface area contributed by atoms with Crippen molar-refractivity contribution in [3.63, 3.8) is 0 Å². The first kappa shape index (κ1) is 19.4. The van der Waals surface area contributed by atoms with E-state index in [0.717, 1.165) is 22.3 Å². The molecule has 3 aromatic carbocycles. The number of hydrogen-bond donors (Lipinski definition) is 2. The normalized spacial score (nSPS) is 11.8. The summed E-state index contributed by atoms with van der Waals surface area (Å²) in [4.78, 5) is 25.0. The SMILES string of the molecule is Cc1ccccc1C[C@@H](NC(=O)C(c1ccccc1)c1ccccc1)C(=O)O. The topological polar surface area (TPSA) is 66.4 Å². The predicted octanol–water partition coefficient (Wildman–Crippen LogP) is 3.94. The number of hydrogen-bond acceptors (Lipinski definition) is 2. The highest BCUT2D eigenvalue weighted by Gasteiger charge is 2.28. The molecule has 0 aliphatic heterocycles. The average Bonchev–Trinajstić information content (AvgIpc) is 2.71. The van der Waals surface area contributed by atoms with E-state index in [-0.39, 0.29) is 12.3 Å². The van der Waals surface area contributed by atoms with E-state index in [0.29, 0.717) is 0 Å². The standard InChI is InChI=1S/C24H23NO3/c1-17-10-8-9-15-20(17)16-21(24(27)28)25-23(26)22(18-11-4-2-5-12-18)19-13-6-3-7-14-19/h2-15,21-22H,16H2,1H3,(H,25,26)(H,27,28)/t21-/m1/s1. The van der Waals surface area contributed by atoms with E-state index in [1.807, 2.05) is 91.9 Å². The number of carbonyl (C=O) groups excluding carboxylic acids is 1. The van der Waals surface area contributed by atoms with E-state index in [4.69, 9.17) is 0 Å². The number of rotatable bonds is 7. The number of carbonyl (C=O) groups is 2. The first-order valence-corrected chi connectivity index (χ1v) is 9.24. The fraction of sp³-hybridized carbons (Fsp3) is 0.167. The molecule has 28 heavy (non-hydrogen) atoms. The van der Waals surface area contributed by atoms with Gasteiger partial charge in [0.2, 0.25) is 5.91 Å². The number of nitrogens with one attached hydrogen (secondary N) is 1. The Morgan fingerprint density at radius 2 is 1.32 bits per heavy atom. The van der Waals surface area contributed by atoms with Gasteiger partial charge in [-0.15, -0.1) is 0 Å². The number of carboxylic acids is 1. The zero-order valence-corrected chi connectivity index (χ0v) is 15.7. The van der Waals surface area contributed by atoms with Crippen LogP contribution in [0.25, 0.3) is 0 Å². The average molecular weight is 373 g/mol. The second-order valence-corrected chi connectivity index (χ2v) is 6.78. The third kappa shape index (κ3) is 4.65. The lowest BCUT2D eigenvalue weighted by Crippen LogP contribution is -2.44. The highest BCUT2D eigenvalue weighted by Crippen LogP contribution is 2.25. The maximum Gasteiger partial charge on any atom is 0.326 e. The van der Waals surface area contributed by atoms with Crippen molar-refractivity contribution < 1.29 is 14.7 Å². The molecule has 1 atom stereocenters. The third-order valence-corrected chi connectivity index (χ3v) is 4.83. The summed E-state index contributed by atoms with van der Waals surface area (Å²) in [5.74, 6) is -1.93. The summed E-state index contributed by atoms with van der Waals surface area (Å²) < 4.78 is 0. The van der Waals surface area contributed by atoms with Crippen molar-refractivity contribution in [1.82, 2.24) is 5.32 Å². The Labute approximate surface area is 164 Å². The van der Waals surface area contributed by atoms with Crippen LogP contribution in [0.1, 0.15) is 28.2 Å². The molecule has 0 bridgehead atoms. The van der Waals surface area contributed by atoms with Crippen molar-refractivity contribution in [2.24, 2.45) is 0 Å². The fourth-order valence-electron chi connectivity index (χ4n) is 3.30. The van der Waals surface area contributed by atoms with Gasteiger partial charge >= 0.3 is 5.97 Å². The molecule has 0 radical (unpaired) electrons. The van der Waals surface area contributed by atoms with Crippen LogP contribution in [0.4, 0.5) is 0 Å². The molecule has 0 aliphatic rings. The van der Waals surface area contributed by atoms with Gasteiger partial charge in [-0.25, -0.2) is 4.79 Å². The van der Waals surface area contributed by atoms with Crippen LogP contribution in [-0.2, 0) is 16.0 Å². The Balaban J connectivity index is 1.87. The van der Waals surface area contributed by atoms with E-state index in [1.165, 1.54) is 0 Å². The van der Waals surface area contributed by atoms with Crippen molar-refractivity contribution in [3.8, 4) is 0 Å². The molecule has 3 rings (SSSR count). The molecular weight excluding hydrogens is 350 g/mol. The number of aryl methyl sites for hydroxylation is 1. The second-order valence-electron chi connectivity index (χ2n) is 6.78. The number of amides is 1. The van der Waals surface area contributed by atoms with E-state index in [1.54, 1.807) is 0 Å². The lowest BCUT2D eigenvalue weighted by molar-refractivity contribution is -0.141. The first-order valence-electron chi connectivity index (χ1n) is 9.24. The molecule has 0 aromatic heterocycles. The molecule has 0 fully saturated rings. The summed E-state index contributed by atoms with van der Waals surface area (Å²) in [6.45, 7) is 1.94. The third-order valence-electron chi connectivity index (χ3n) is 4.83. The van der Waals surface area contributed by atoms with Crippen LogP contribution in [0, 0.1) is 6.92 Å². The zero-order valence-electron chi connectivity index (χ0n) is 15.7. The summed E-state index contributed by atoms with van der Waals surface area (Å²) in [7, 11) is 0. The molecule has 0 saturated carbocycles. The number of aliphatic carboxylic acids is 1. The first-order chi connectivity index (χ1) is 13.6. The molecule has 4 nitrogen and oxygen atoms in total. The fourth-order valence-corrected chi connectivity index (χ4v) is 3.30. The molecule has 0 spiro atoms. The monoisotopic (exact) mass is 373 g/mol. The summed E-state index contributed by atoms with van der Waals surface area (Å²) in [6.07, 6.45) is 0.240. The predicted molar refractivity (Wildman–Crippen MR) is 109 cm³/mol. The van der Waals surface area contributed by atoms with Crippen LogP contribution in [0.15, 0.2) is 84.9 Å². The van der Waals surface area contributed by atoms with Crippen LogP contribution >= 0.6 is 0 Å². The second kappa shape index (κ2) is 9.00. The molecule has 3 aromatic rings. The van der Waals surface area contributed by atoms with Crippen molar-refractivity contribution in [2.45, 2.75) is 25.3 Å². The Morgan fingerprint density at radius 1 is 0.821 bits per heavy atom. The van der Waals surface area contributed by atoms with E-state index >= 15 is 0 Å². The van der Waals surface area contributed by atoms with Gasteiger partial charge in [0.15, 0.2) is 0 Å². The molecular formula is C24H23NO3. The van der Waals surface area contributed by atoms with Crippen LogP contribution < -0.4 is 5.32 Å². The van der Waals surface area contributed by atoms with Gasteiger partial charge in [0.1, 0.15) is 6.04 Å². The quantitative estimate of drug-likeness (QED) is 0.659. The Kier molecular flexibility index (Phi) is 6.22. The van der Waals surface area contributed by atoms with Crippen molar-refractivity contribution in [3.05, 3.63) is 107 Å². The van der Waals surface area contributed by atoms with Crippen LogP contribution in [0.3, 0.4) is 0 Å². The summed E-state index contributed by atoms with van der Waals surface area (Å²) in [5, 5.41) is 12.4. The van der Waals surface area contributed by atoms with Gasteiger partial charge in [-0.3, -0.25) is 4.79 Å². The summed E-state index contributed by atoms with van der Waals surface area (Å²) in [6, 6.07) is 25.4. The Hall–Kier alpha value is -3.40. The lowest BCUT2D eigenvalue weighted by Gasteiger charge is -2.22. The minimum absolute atomic E-state index is 0.240. The minimum Gasteiger partial charge on any atom is -0.480 e. The van der Waals surface area contributed by atoms with Crippen LogP contribution in [0.5, 0.6) is 0 Å². The van der Waals surface area contributed by atoms with Gasteiger partial charge in [0.25, 0.3) is 0 Å². The van der Waals surface area contributed by atoms with E-state index in [2.05, 4.69) is 5.32 Å². The zero-order chi connectivity index (χ0) is 19.9. The van der Waals surface area contributed by atoms with Gasteiger partial charge in [0, 0.05) is 6.42 Å². The van der Waals surface area contributed by atoms with Gasteiger partial charge in [-0.1, -0.05) is 84.9 Å². The number of benzene rings is 3. The molecule has 2 N–H and O–H groups in total. The molecule has 4 heteroatoms. The summed E-state index contributed by atoms with van der Waals surface area (Å²) >= 11 is 0. The number of carboxylic acid groups (broad SMARTS) is 1. The molecule has 0 heterocycles. The Morgan fingerprint density at radius 3 is 1.82 bits per heavy atom. The summed E-state index contributed by atoms with van der Waals surface area (Å²) in [5.41, 5.74) is 3.56. The van der Waals surface area contributed by atoms with E-state index in [9.17, 15) is 14.7 Å². The smallest absolute Gasteiger partial charge is 0.326 e. The van der Waals surface area contributed by atoms with Crippen molar-refractivity contribution in [2.75, 3.05) is 0 Å².